The van der Waals surface area contributed by atoms with Crippen LogP contribution < -0.4 is 10.6 Å². The molecule has 1 aromatic carbocycles. The average molecular weight is 416 g/mol. The molecule has 31 heavy (non-hydrogen) atoms. The van der Waals surface area contributed by atoms with Crippen LogP contribution in [0.4, 0.5) is 0 Å². The molecule has 3 heterocycles. The van der Waals surface area contributed by atoms with Crippen LogP contribution in [-0.2, 0) is 13.1 Å². The zero-order chi connectivity index (χ0) is 22.3. The molecule has 0 saturated carbocycles. The van der Waals surface area contributed by atoms with Crippen LogP contribution in [0, 0.1) is 0 Å². The molecule has 0 atom stereocenters. The number of nitrogens with zero attached hydrogens (tertiary/aromatic N) is 3. The van der Waals surface area contributed by atoms with E-state index in [9.17, 15) is 4.79 Å². The van der Waals surface area contributed by atoms with Gasteiger partial charge in [-0.25, -0.2) is 0 Å². The number of amides is 1. The quantitative estimate of drug-likeness (QED) is 0.615. The van der Waals surface area contributed by atoms with Gasteiger partial charge in [0.25, 0.3) is 5.91 Å². The lowest BCUT2D eigenvalue weighted by molar-refractivity contribution is 0.0645. The number of hydrogen-bond acceptors (Lipinski definition) is 1. The lowest BCUT2D eigenvalue weighted by Gasteiger charge is -2.30. The molecular formula is C27H33N3O. The molecule has 0 aliphatic carbocycles. The molecule has 3 aromatic rings. The molecule has 162 valence electrons. The van der Waals surface area contributed by atoms with Crippen LogP contribution in [0.15, 0.2) is 42.6 Å². The fraction of sp³-hybridized carbons (Fsp3) is 0.370. The van der Waals surface area contributed by atoms with Crippen molar-refractivity contribution in [2.45, 2.75) is 66.2 Å². The topological polar surface area (TPSA) is 30.2 Å². The number of allylic oxidation sites excluding steroid dienone is 2. The Balaban J connectivity index is 1.98. The number of aromatic nitrogens is 2. The number of rotatable bonds is 4. The first-order valence-corrected chi connectivity index (χ1v) is 11.3. The van der Waals surface area contributed by atoms with Gasteiger partial charge in [0.05, 0.1) is 16.8 Å². The van der Waals surface area contributed by atoms with Gasteiger partial charge in [-0.1, -0.05) is 36.9 Å². The van der Waals surface area contributed by atoms with E-state index in [0.717, 1.165) is 46.5 Å². The summed E-state index contributed by atoms with van der Waals surface area (Å²) in [6.45, 7) is 16.5. The highest BCUT2D eigenvalue weighted by molar-refractivity contribution is 6.10. The zero-order valence-electron chi connectivity index (χ0n) is 19.4. The van der Waals surface area contributed by atoms with Gasteiger partial charge in [0, 0.05) is 47.7 Å². The molecule has 0 saturated heterocycles. The monoisotopic (exact) mass is 415 g/mol. The molecule has 2 aromatic heterocycles. The van der Waals surface area contributed by atoms with Crippen molar-refractivity contribution in [3.05, 3.63) is 58.7 Å². The summed E-state index contributed by atoms with van der Waals surface area (Å²) in [5.41, 5.74) is 4.29. The third kappa shape index (κ3) is 3.54. The van der Waals surface area contributed by atoms with Crippen LogP contribution in [0.25, 0.3) is 34.8 Å². The minimum absolute atomic E-state index is 0.112. The minimum Gasteiger partial charge on any atom is -0.346 e. The smallest absolute Gasteiger partial charge is 0.256 e. The van der Waals surface area contributed by atoms with Gasteiger partial charge < -0.3 is 14.0 Å². The Morgan fingerprint density at radius 3 is 2.58 bits per heavy atom. The van der Waals surface area contributed by atoms with Gasteiger partial charge in [-0.3, -0.25) is 4.79 Å². The van der Waals surface area contributed by atoms with E-state index in [-0.39, 0.29) is 18.0 Å². The van der Waals surface area contributed by atoms with Gasteiger partial charge in [-0.2, -0.15) is 0 Å². The van der Waals surface area contributed by atoms with Gasteiger partial charge in [-0.15, -0.1) is 0 Å². The number of carbonyl (C=O) groups excluding carboxylic acids is 1. The minimum atomic E-state index is 0.112. The van der Waals surface area contributed by atoms with Crippen molar-refractivity contribution in [1.82, 2.24) is 14.0 Å². The van der Waals surface area contributed by atoms with E-state index in [2.05, 4.69) is 86.0 Å². The number of fused-ring (bicyclic) bond motifs is 2. The Labute approximate surface area is 184 Å². The van der Waals surface area contributed by atoms with Crippen molar-refractivity contribution >= 4 is 29.5 Å². The SMILES string of the molecule is C=c1cc2n(/c1=C/C=C\C)CCCn1cc(C(=O)N(C(C)C)C(C)C)c3cccc-2c31. The molecule has 4 rings (SSSR count). The zero-order valence-corrected chi connectivity index (χ0v) is 19.4. The summed E-state index contributed by atoms with van der Waals surface area (Å²) < 4.78 is 4.66. The molecule has 1 aliphatic rings. The maximum absolute atomic E-state index is 13.6. The number of benzene rings is 1. The molecule has 0 radical (unpaired) electrons. The summed E-state index contributed by atoms with van der Waals surface area (Å²) in [4.78, 5) is 15.6. The Morgan fingerprint density at radius 2 is 1.90 bits per heavy atom. The number of carbonyl (C=O) groups is 1. The van der Waals surface area contributed by atoms with Gasteiger partial charge in [0.1, 0.15) is 0 Å². The van der Waals surface area contributed by atoms with Crippen LogP contribution in [0.1, 0.15) is 51.4 Å². The summed E-state index contributed by atoms with van der Waals surface area (Å²) in [5.74, 6) is 0.112. The highest BCUT2D eigenvalue weighted by Gasteiger charge is 2.27. The van der Waals surface area contributed by atoms with E-state index in [1.54, 1.807) is 0 Å². The van der Waals surface area contributed by atoms with Crippen molar-refractivity contribution in [2.75, 3.05) is 0 Å². The predicted octanol–water partition coefficient (Wildman–Crippen LogP) is 4.54. The first kappa shape index (κ1) is 21.2. The molecular weight excluding hydrogens is 382 g/mol. The molecule has 0 bridgehead atoms. The summed E-state index contributed by atoms with van der Waals surface area (Å²) in [6.07, 6.45) is 9.33. The van der Waals surface area contributed by atoms with Gasteiger partial charge in [0.15, 0.2) is 0 Å². The molecule has 0 N–H and O–H groups in total. The van der Waals surface area contributed by atoms with Crippen LogP contribution in [-0.4, -0.2) is 32.0 Å². The summed E-state index contributed by atoms with van der Waals surface area (Å²) in [5, 5.41) is 3.23. The summed E-state index contributed by atoms with van der Waals surface area (Å²) in [6, 6.07) is 8.83. The van der Waals surface area contributed by atoms with E-state index >= 15 is 0 Å². The molecule has 0 fully saturated rings. The van der Waals surface area contributed by atoms with E-state index in [1.165, 1.54) is 11.3 Å². The molecule has 0 unspecified atom stereocenters. The molecule has 1 amide bonds. The average Bonchev–Trinajstić information content (AvgIpc) is 3.22. The van der Waals surface area contributed by atoms with E-state index in [4.69, 9.17) is 0 Å². The third-order valence-electron chi connectivity index (χ3n) is 6.20. The molecule has 0 spiro atoms. The first-order chi connectivity index (χ1) is 14.8. The Hall–Kier alpha value is -3.01. The number of para-hydroxylation sites is 1. The van der Waals surface area contributed by atoms with Gasteiger partial charge in [0.2, 0.25) is 0 Å². The summed E-state index contributed by atoms with van der Waals surface area (Å²) >= 11 is 0. The standard InChI is InChI=1S/C27H33N3O/c1-7-8-13-24-20(6)16-25-22-12-9-11-21-23(27(31)30(18(2)3)19(4)5)17-28(26(21)22)14-10-15-29(24)25/h7-9,11-13,16-19H,6,10,14-15H2,1-5H3/b8-7-,24-13+. The second-order valence-electron chi connectivity index (χ2n) is 8.98. The predicted molar refractivity (Wildman–Crippen MR) is 130 cm³/mol. The van der Waals surface area contributed by atoms with Crippen LogP contribution in [0.3, 0.4) is 0 Å². The normalized spacial score (nSPS) is 14.5. The molecule has 4 nitrogen and oxygen atoms in total. The van der Waals surface area contributed by atoms with Crippen molar-refractivity contribution in [2.24, 2.45) is 0 Å². The van der Waals surface area contributed by atoms with E-state index in [0.29, 0.717) is 0 Å². The Bertz CT molecular complexity index is 1260. The number of aryl methyl sites for hydroxylation is 1. The number of hydrogen-bond donors (Lipinski definition) is 0. The van der Waals surface area contributed by atoms with Gasteiger partial charge in [-0.05, 0) is 58.4 Å². The van der Waals surface area contributed by atoms with Crippen LogP contribution in [0.2, 0.25) is 0 Å². The van der Waals surface area contributed by atoms with Crippen LogP contribution >= 0.6 is 0 Å². The van der Waals surface area contributed by atoms with E-state index in [1.807, 2.05) is 17.9 Å². The fourth-order valence-corrected chi connectivity index (χ4v) is 4.99. The van der Waals surface area contributed by atoms with Crippen molar-refractivity contribution in [1.29, 1.82) is 0 Å². The molecule has 1 aliphatic heterocycles. The lowest BCUT2D eigenvalue weighted by atomic mass is 10.0. The summed E-state index contributed by atoms with van der Waals surface area (Å²) in [7, 11) is 0. The highest BCUT2D eigenvalue weighted by Crippen LogP contribution is 2.34. The Kier molecular flexibility index (Phi) is 5.65. The molecule has 4 heteroatoms. The second kappa shape index (κ2) is 8.26. The van der Waals surface area contributed by atoms with E-state index < -0.39 is 0 Å². The third-order valence-corrected chi connectivity index (χ3v) is 6.20. The largest absolute Gasteiger partial charge is 0.346 e. The lowest BCUT2D eigenvalue weighted by Crippen LogP contribution is -2.42. The first-order valence-electron chi connectivity index (χ1n) is 11.3. The second-order valence-corrected chi connectivity index (χ2v) is 8.98. The highest BCUT2D eigenvalue weighted by atomic mass is 16.2. The van der Waals surface area contributed by atoms with Crippen molar-refractivity contribution in [3.8, 4) is 11.3 Å². The fourth-order valence-electron chi connectivity index (χ4n) is 4.99. The van der Waals surface area contributed by atoms with Gasteiger partial charge >= 0.3 is 0 Å². The Morgan fingerprint density at radius 1 is 1.16 bits per heavy atom. The maximum atomic E-state index is 13.6. The van der Waals surface area contributed by atoms with Crippen molar-refractivity contribution < 1.29 is 4.79 Å². The van der Waals surface area contributed by atoms with Crippen LogP contribution in [0.5, 0.6) is 0 Å². The maximum Gasteiger partial charge on any atom is 0.256 e. The van der Waals surface area contributed by atoms with Crippen molar-refractivity contribution in [3.63, 3.8) is 0 Å².